The molecule has 0 aliphatic heterocycles. The average molecular weight is 469 g/mol. The third kappa shape index (κ3) is 4.01. The van der Waals surface area contributed by atoms with Crippen molar-refractivity contribution >= 4 is 26.7 Å². The van der Waals surface area contributed by atoms with Crippen LogP contribution in [0.5, 0.6) is 5.88 Å². The van der Waals surface area contributed by atoms with Gasteiger partial charge < -0.3 is 9.57 Å². The normalized spacial score (nSPS) is 14.6. The maximum Gasteiger partial charge on any atom is 0.493 e. The maximum atomic E-state index is 12.8. The molecular weight excluding hydrogens is 451 g/mol. The van der Waals surface area contributed by atoms with Gasteiger partial charge in [-0.1, -0.05) is 10.9 Å². The van der Waals surface area contributed by atoms with E-state index in [4.69, 9.17) is 4.74 Å². The molecule has 12 heteroatoms. The number of aryl methyl sites for hydroxylation is 1. The molecule has 0 amide bonds. The van der Waals surface area contributed by atoms with Crippen LogP contribution in [0.15, 0.2) is 29.2 Å². The number of alkyl halides is 3. The van der Waals surface area contributed by atoms with E-state index < -0.39 is 22.0 Å². The van der Waals surface area contributed by atoms with Gasteiger partial charge in [0.15, 0.2) is 9.84 Å². The molecule has 170 valence electrons. The number of benzene rings is 1. The van der Waals surface area contributed by atoms with Gasteiger partial charge in [-0.3, -0.25) is 0 Å². The van der Waals surface area contributed by atoms with Crippen LogP contribution >= 0.6 is 0 Å². The predicted octanol–water partition coefficient (Wildman–Crippen LogP) is 3.21. The Morgan fingerprint density at radius 3 is 2.44 bits per heavy atom. The molecule has 0 saturated heterocycles. The lowest BCUT2D eigenvalue weighted by Crippen LogP contribution is -2.33. The first-order chi connectivity index (χ1) is 14.9. The number of aromatic nitrogens is 3. The van der Waals surface area contributed by atoms with Crippen LogP contribution in [0.3, 0.4) is 0 Å². The third-order valence-electron chi connectivity index (χ3n) is 5.06. The highest BCUT2D eigenvalue weighted by Gasteiger charge is 2.43. The van der Waals surface area contributed by atoms with Crippen LogP contribution < -0.4 is 9.57 Å². The number of ether oxygens (including phenoxy) is 1. The zero-order chi connectivity index (χ0) is 23.4. The van der Waals surface area contributed by atoms with Crippen LogP contribution in [0.25, 0.3) is 22.2 Å². The summed E-state index contributed by atoms with van der Waals surface area (Å²) in [5, 5.41) is 4.54. The Balaban J connectivity index is 1.95. The Kier molecular flexibility index (Phi) is 5.15. The van der Waals surface area contributed by atoms with E-state index in [-0.39, 0.29) is 22.2 Å². The summed E-state index contributed by atoms with van der Waals surface area (Å²) in [6.45, 7) is 1.63. The molecule has 32 heavy (non-hydrogen) atoms. The monoisotopic (exact) mass is 469 g/mol. The van der Waals surface area contributed by atoms with Crippen LogP contribution in [-0.4, -0.2) is 48.9 Å². The largest absolute Gasteiger partial charge is 0.493 e. The van der Waals surface area contributed by atoms with Crippen LogP contribution in [-0.2, 0) is 14.6 Å². The number of carbonyl (C=O) groups excluding carboxylic acids is 1. The molecule has 8 nitrogen and oxygen atoms in total. The molecule has 0 bridgehead atoms. The van der Waals surface area contributed by atoms with Crippen molar-refractivity contribution in [2.24, 2.45) is 0 Å². The summed E-state index contributed by atoms with van der Waals surface area (Å²) in [4.78, 5) is 21.1. The molecule has 1 aliphatic carbocycles. The molecular formula is C20H18F3N3O5S. The van der Waals surface area contributed by atoms with Crippen LogP contribution in [0.2, 0.25) is 0 Å². The summed E-state index contributed by atoms with van der Waals surface area (Å²) < 4.78 is 67.5. The number of fused-ring (bicyclic) bond motifs is 1. The van der Waals surface area contributed by atoms with Crippen LogP contribution in [0.1, 0.15) is 30.0 Å². The molecule has 3 aromatic rings. The standard InChI is InChI=1S/C20H18F3N3O5S/c1-10-8-12(6-7-14(10)32(3,28)29)17-16-13(9-15(24-17)30-2)26(25-18(16)11-4-5-11)31-19(27)20(21,22)23/h6-9,11H,4-5H2,1-3H3. The molecule has 2 heterocycles. The molecule has 0 N–H and O–H groups in total. The van der Waals surface area contributed by atoms with Gasteiger partial charge in [-0.2, -0.15) is 13.2 Å². The first-order valence-electron chi connectivity index (χ1n) is 9.48. The second-order valence-corrected chi connectivity index (χ2v) is 9.55. The van der Waals surface area contributed by atoms with Gasteiger partial charge in [-0.05, 0) is 37.5 Å². The number of sulfone groups is 1. The van der Waals surface area contributed by atoms with E-state index >= 15 is 0 Å². The minimum absolute atomic E-state index is 0.0197. The number of carbonyl (C=O) groups is 1. The van der Waals surface area contributed by atoms with Gasteiger partial charge in [0, 0.05) is 23.8 Å². The zero-order valence-corrected chi connectivity index (χ0v) is 18.0. The molecule has 1 saturated carbocycles. The third-order valence-corrected chi connectivity index (χ3v) is 6.31. The summed E-state index contributed by atoms with van der Waals surface area (Å²) in [6, 6.07) is 5.95. The second kappa shape index (κ2) is 7.47. The SMILES string of the molecule is COc1cc2c(c(-c3ccc(S(C)(=O)=O)c(C)c3)n1)c(C1CC1)nn2OC(=O)C(F)(F)F. The number of nitrogens with zero attached hydrogens (tertiary/aromatic N) is 3. The first kappa shape index (κ1) is 22.1. The maximum absolute atomic E-state index is 12.8. The molecule has 0 atom stereocenters. The lowest BCUT2D eigenvalue weighted by atomic mass is 10.0. The van der Waals surface area contributed by atoms with Crippen molar-refractivity contribution in [1.82, 2.24) is 14.9 Å². The van der Waals surface area contributed by atoms with E-state index in [2.05, 4.69) is 14.9 Å². The molecule has 2 aromatic heterocycles. The summed E-state index contributed by atoms with van der Waals surface area (Å²) in [6.07, 6.45) is -2.55. The van der Waals surface area contributed by atoms with Gasteiger partial charge >= 0.3 is 12.1 Å². The summed E-state index contributed by atoms with van der Waals surface area (Å²) >= 11 is 0. The van der Waals surface area contributed by atoms with E-state index in [1.54, 1.807) is 19.1 Å². The number of hydrogen-bond acceptors (Lipinski definition) is 7. The molecule has 4 rings (SSSR count). The second-order valence-electron chi connectivity index (χ2n) is 7.57. The van der Waals surface area contributed by atoms with E-state index in [1.165, 1.54) is 19.2 Å². The highest BCUT2D eigenvalue weighted by molar-refractivity contribution is 7.90. The Bertz CT molecular complexity index is 1340. The highest BCUT2D eigenvalue weighted by atomic mass is 32.2. The number of pyridine rings is 1. The van der Waals surface area contributed by atoms with Gasteiger partial charge in [0.1, 0.15) is 5.52 Å². The molecule has 1 fully saturated rings. The van der Waals surface area contributed by atoms with Crippen LogP contribution in [0.4, 0.5) is 13.2 Å². The quantitative estimate of drug-likeness (QED) is 0.566. The van der Waals surface area contributed by atoms with Gasteiger partial charge in [0.05, 0.1) is 28.8 Å². The van der Waals surface area contributed by atoms with Crippen molar-refractivity contribution in [3.8, 4) is 17.1 Å². The number of hydrogen-bond donors (Lipinski definition) is 0. The van der Waals surface area contributed by atoms with Gasteiger partial charge in [-0.15, -0.1) is 5.10 Å². The van der Waals surface area contributed by atoms with Gasteiger partial charge in [-0.25, -0.2) is 18.2 Å². The summed E-state index contributed by atoms with van der Waals surface area (Å²) in [5.74, 6) is -2.37. The van der Waals surface area contributed by atoms with Crippen molar-refractivity contribution in [3.05, 3.63) is 35.5 Å². The molecule has 1 aliphatic rings. The fourth-order valence-corrected chi connectivity index (χ4v) is 4.44. The highest BCUT2D eigenvalue weighted by Crippen LogP contribution is 2.45. The van der Waals surface area contributed by atoms with E-state index in [0.717, 1.165) is 19.1 Å². The van der Waals surface area contributed by atoms with E-state index in [9.17, 15) is 26.4 Å². The average Bonchev–Trinajstić information content (AvgIpc) is 3.48. The minimum atomic E-state index is -5.20. The fourth-order valence-electron chi connectivity index (χ4n) is 3.48. The van der Waals surface area contributed by atoms with Crippen molar-refractivity contribution in [3.63, 3.8) is 0 Å². The minimum Gasteiger partial charge on any atom is -0.481 e. The number of methoxy groups -OCH3 is 1. The lowest BCUT2D eigenvalue weighted by Gasteiger charge is -2.11. The fraction of sp³-hybridized carbons (Fsp3) is 0.350. The molecule has 1 aromatic carbocycles. The molecule has 0 radical (unpaired) electrons. The first-order valence-corrected chi connectivity index (χ1v) is 11.4. The van der Waals surface area contributed by atoms with Crippen LogP contribution in [0, 0.1) is 6.92 Å². The smallest absolute Gasteiger partial charge is 0.481 e. The van der Waals surface area contributed by atoms with Crippen molar-refractivity contribution in [2.75, 3.05) is 13.4 Å². The number of rotatable bonds is 5. The van der Waals surface area contributed by atoms with E-state index in [1.807, 2.05) is 0 Å². The Labute approximate surface area is 180 Å². The summed E-state index contributed by atoms with van der Waals surface area (Å²) in [5.41, 5.74) is 1.86. The van der Waals surface area contributed by atoms with Crippen molar-refractivity contribution in [1.29, 1.82) is 0 Å². The van der Waals surface area contributed by atoms with Gasteiger partial charge in [0.25, 0.3) is 0 Å². The number of halogens is 3. The molecule has 0 spiro atoms. The van der Waals surface area contributed by atoms with Crippen molar-refractivity contribution in [2.45, 2.75) is 36.8 Å². The van der Waals surface area contributed by atoms with Gasteiger partial charge in [0.2, 0.25) is 5.88 Å². The zero-order valence-electron chi connectivity index (χ0n) is 17.2. The topological polar surface area (TPSA) is 100 Å². The Morgan fingerprint density at radius 1 is 1.22 bits per heavy atom. The lowest BCUT2D eigenvalue weighted by molar-refractivity contribution is -0.200. The van der Waals surface area contributed by atoms with E-state index in [0.29, 0.717) is 32.7 Å². The summed E-state index contributed by atoms with van der Waals surface area (Å²) in [7, 11) is -2.11. The molecule has 0 unspecified atom stereocenters. The Morgan fingerprint density at radius 2 is 1.91 bits per heavy atom. The Hall–Kier alpha value is -3.15. The predicted molar refractivity (Wildman–Crippen MR) is 107 cm³/mol. The van der Waals surface area contributed by atoms with Crippen molar-refractivity contribution < 1.29 is 36.0 Å².